The van der Waals surface area contributed by atoms with E-state index in [2.05, 4.69) is 29.7 Å². The van der Waals surface area contributed by atoms with Crippen molar-refractivity contribution in [3.05, 3.63) is 12.4 Å². The first-order valence-electron chi connectivity index (χ1n) is 4.30. The Morgan fingerprint density at radius 1 is 1.64 bits per heavy atom. The number of nitrogens with zero attached hydrogens (tertiary/aromatic N) is 2. The van der Waals surface area contributed by atoms with Gasteiger partial charge in [-0.1, -0.05) is 0 Å². The van der Waals surface area contributed by atoms with Crippen LogP contribution in [0.2, 0.25) is 4.44 Å². The van der Waals surface area contributed by atoms with E-state index >= 15 is 0 Å². The van der Waals surface area contributed by atoms with Gasteiger partial charge in [0.25, 0.3) is 0 Å². The standard InChI is InChI=1S/C4H5N2.C4H9.Sn.2H/c1-6-3-2-5-4-6;1-3-4-2;;;/h2-3H,1H3;1,3-4H2,2H3;;;. The summed E-state index contributed by atoms with van der Waals surface area (Å²) in [5.41, 5.74) is 0. The van der Waals surface area contributed by atoms with Crippen LogP contribution >= 0.6 is 0 Å². The summed E-state index contributed by atoms with van der Waals surface area (Å²) >= 11 is -0.661. The predicted octanol–water partition coefficient (Wildman–Crippen LogP) is 0.433. The number of aromatic nitrogens is 2. The number of hydrogen-bond donors (Lipinski definition) is 0. The van der Waals surface area contributed by atoms with E-state index in [-0.39, 0.29) is 0 Å². The van der Waals surface area contributed by atoms with Gasteiger partial charge >= 0.3 is 78.2 Å². The molecule has 2 nitrogen and oxygen atoms in total. The topological polar surface area (TPSA) is 17.8 Å². The third-order valence-corrected chi connectivity index (χ3v) is 7.58. The van der Waals surface area contributed by atoms with Gasteiger partial charge in [0.05, 0.1) is 0 Å². The zero-order valence-corrected chi connectivity index (χ0v) is 11.4. The normalized spacial score (nSPS) is 11.5. The van der Waals surface area contributed by atoms with Gasteiger partial charge in [-0.2, -0.15) is 0 Å². The van der Waals surface area contributed by atoms with Gasteiger partial charge in [-0.05, 0) is 0 Å². The van der Waals surface area contributed by atoms with Crippen molar-refractivity contribution >= 4 is 25.0 Å². The summed E-state index contributed by atoms with van der Waals surface area (Å²) in [6.07, 6.45) is 6.71. The first-order chi connectivity index (χ1) is 5.34. The van der Waals surface area contributed by atoms with Gasteiger partial charge in [-0.3, -0.25) is 0 Å². The van der Waals surface area contributed by atoms with Crippen LogP contribution in [-0.4, -0.2) is 30.7 Å². The van der Waals surface area contributed by atoms with Crippen LogP contribution in [0.25, 0.3) is 0 Å². The number of rotatable bonds is 4. The second-order valence-electron chi connectivity index (χ2n) is 2.91. The maximum absolute atomic E-state index is 4.34. The van der Waals surface area contributed by atoms with E-state index < -0.39 is 21.1 Å². The molecule has 0 aliphatic rings. The molecule has 0 aliphatic carbocycles. The summed E-state index contributed by atoms with van der Waals surface area (Å²) in [4.78, 5) is 4.34. The minimum absolute atomic E-state index is 0.661. The molecule has 0 aliphatic heterocycles. The molecule has 0 saturated heterocycles. The summed E-state index contributed by atoms with van der Waals surface area (Å²) in [6.45, 7) is 2.25. The van der Waals surface area contributed by atoms with E-state index in [1.165, 1.54) is 21.1 Å². The second kappa shape index (κ2) is 4.80. The molecule has 1 aromatic rings. The average Bonchev–Trinajstić information content (AvgIpc) is 2.37. The van der Waals surface area contributed by atoms with Gasteiger partial charge in [0, 0.05) is 0 Å². The van der Waals surface area contributed by atoms with E-state index in [0.717, 1.165) is 0 Å². The Bertz CT molecular complexity index is 208. The molecule has 0 N–H and O–H groups in total. The van der Waals surface area contributed by atoms with Crippen molar-refractivity contribution in [1.82, 2.24) is 9.55 Å². The molecular formula is C8H16N2Sn. The van der Waals surface area contributed by atoms with Gasteiger partial charge in [0.15, 0.2) is 0 Å². The predicted molar refractivity (Wildman–Crippen MR) is 51.1 cm³/mol. The van der Waals surface area contributed by atoms with Crippen LogP contribution in [0.3, 0.4) is 0 Å². The molecule has 0 spiro atoms. The summed E-state index contributed by atoms with van der Waals surface area (Å²) in [5, 5.41) is 0. The number of unbranched alkanes of at least 4 members (excludes halogenated alkanes) is 1. The molecule has 1 aromatic heterocycles. The van der Waals surface area contributed by atoms with Crippen molar-refractivity contribution in [2.24, 2.45) is 7.05 Å². The Labute approximate surface area is 78.2 Å². The summed E-state index contributed by atoms with van der Waals surface area (Å²) < 4.78 is 5.08. The maximum atomic E-state index is 4.34. The SMILES string of the molecule is CCC[CH2][SnH2][c]1nccn1C. The molecular weight excluding hydrogens is 243 g/mol. The first kappa shape index (κ1) is 9.10. The van der Waals surface area contributed by atoms with Crippen LogP contribution in [0.1, 0.15) is 19.8 Å². The molecule has 62 valence electrons. The zero-order valence-electron chi connectivity index (χ0n) is 7.38. The quantitative estimate of drug-likeness (QED) is 0.566. The fraction of sp³-hybridized carbons (Fsp3) is 0.625. The fourth-order valence-corrected chi connectivity index (χ4v) is 6.19. The van der Waals surface area contributed by atoms with Crippen molar-refractivity contribution < 1.29 is 0 Å². The number of imidazole rings is 1. The van der Waals surface area contributed by atoms with Crippen LogP contribution in [0.15, 0.2) is 12.4 Å². The first-order valence-corrected chi connectivity index (χ1v) is 9.18. The fourth-order valence-electron chi connectivity index (χ4n) is 1.17. The van der Waals surface area contributed by atoms with Crippen molar-refractivity contribution in [3.8, 4) is 0 Å². The van der Waals surface area contributed by atoms with Crippen molar-refractivity contribution in [2.75, 3.05) is 0 Å². The van der Waals surface area contributed by atoms with Crippen LogP contribution in [0, 0.1) is 0 Å². The minimum atomic E-state index is -0.661. The van der Waals surface area contributed by atoms with E-state index in [0.29, 0.717) is 0 Å². The molecule has 0 bridgehead atoms. The van der Waals surface area contributed by atoms with Crippen LogP contribution in [-0.2, 0) is 7.05 Å². The Kier molecular flexibility index (Phi) is 3.97. The van der Waals surface area contributed by atoms with Crippen LogP contribution in [0.4, 0.5) is 0 Å². The molecule has 1 heterocycles. The Hall–Kier alpha value is 0.00870. The zero-order chi connectivity index (χ0) is 8.10. The molecule has 1 rings (SSSR count). The molecule has 0 atom stereocenters. The van der Waals surface area contributed by atoms with Gasteiger partial charge in [0.2, 0.25) is 0 Å². The number of hydrogen-bond acceptors (Lipinski definition) is 1. The molecule has 0 fully saturated rings. The summed E-state index contributed by atoms with van der Waals surface area (Å²) in [6, 6.07) is 0. The Balaban J connectivity index is 2.32. The molecule has 0 aromatic carbocycles. The number of aryl methyl sites for hydroxylation is 1. The average molecular weight is 259 g/mol. The van der Waals surface area contributed by atoms with Crippen LogP contribution < -0.4 is 3.84 Å². The summed E-state index contributed by atoms with van der Waals surface area (Å²) in [7, 11) is 2.10. The van der Waals surface area contributed by atoms with E-state index in [9.17, 15) is 0 Å². The molecule has 3 heteroatoms. The van der Waals surface area contributed by atoms with Gasteiger partial charge in [-0.15, -0.1) is 0 Å². The van der Waals surface area contributed by atoms with Crippen molar-refractivity contribution in [3.63, 3.8) is 0 Å². The van der Waals surface area contributed by atoms with Gasteiger partial charge in [-0.25, -0.2) is 0 Å². The van der Waals surface area contributed by atoms with E-state index in [4.69, 9.17) is 0 Å². The van der Waals surface area contributed by atoms with Crippen molar-refractivity contribution in [2.45, 2.75) is 24.2 Å². The molecule has 0 saturated carbocycles. The van der Waals surface area contributed by atoms with Crippen LogP contribution in [0.5, 0.6) is 0 Å². The molecule has 0 unspecified atom stereocenters. The van der Waals surface area contributed by atoms with Gasteiger partial charge < -0.3 is 0 Å². The third kappa shape index (κ3) is 2.85. The summed E-state index contributed by atoms with van der Waals surface area (Å²) in [5.74, 6) is 0. The van der Waals surface area contributed by atoms with E-state index in [1.54, 1.807) is 0 Å². The van der Waals surface area contributed by atoms with Crippen molar-refractivity contribution in [1.29, 1.82) is 0 Å². The van der Waals surface area contributed by atoms with E-state index in [1.807, 2.05) is 6.20 Å². The molecule has 11 heavy (non-hydrogen) atoms. The second-order valence-corrected chi connectivity index (χ2v) is 8.16. The third-order valence-electron chi connectivity index (χ3n) is 1.92. The Morgan fingerprint density at radius 2 is 2.45 bits per heavy atom. The Morgan fingerprint density at radius 3 is 3.00 bits per heavy atom. The monoisotopic (exact) mass is 260 g/mol. The molecule has 0 radical (unpaired) electrons. The molecule has 0 amide bonds. The van der Waals surface area contributed by atoms with Gasteiger partial charge in [0.1, 0.15) is 0 Å².